The molecular weight excluding hydrogens is 733 g/mol. The summed E-state index contributed by atoms with van der Waals surface area (Å²) in [5, 5.41) is 13.6. The Morgan fingerprint density at radius 3 is 1.83 bits per heavy atom. The third-order valence-corrected chi connectivity index (χ3v) is 12.2. The molecule has 3 heterocycles. The van der Waals surface area contributed by atoms with Gasteiger partial charge in [-0.2, -0.15) is 0 Å². The monoisotopic (exact) mass is 764 g/mol. The highest BCUT2D eigenvalue weighted by Crippen LogP contribution is 2.44. The Labute approximate surface area is 343 Å². The first-order chi connectivity index (χ1) is 29.7. The van der Waals surface area contributed by atoms with Gasteiger partial charge >= 0.3 is 0 Å². The van der Waals surface area contributed by atoms with Crippen LogP contribution in [0.15, 0.2) is 199 Å². The number of furan rings is 1. The molecule has 13 rings (SSSR count). The van der Waals surface area contributed by atoms with Gasteiger partial charge in [-0.25, -0.2) is 15.0 Å². The zero-order chi connectivity index (χ0) is 39.3. The summed E-state index contributed by atoms with van der Waals surface area (Å²) in [6.45, 7) is 0. The number of hydrogen-bond acceptors (Lipinski definition) is 4. The van der Waals surface area contributed by atoms with Crippen LogP contribution in [0.4, 0.5) is 0 Å². The fourth-order valence-electron chi connectivity index (χ4n) is 9.46. The van der Waals surface area contributed by atoms with E-state index in [-0.39, 0.29) is 0 Å². The molecule has 0 amide bonds. The topological polar surface area (TPSA) is 56.7 Å². The van der Waals surface area contributed by atoms with Crippen LogP contribution in [-0.4, -0.2) is 19.5 Å². The van der Waals surface area contributed by atoms with Crippen molar-refractivity contribution < 1.29 is 4.42 Å². The third-order valence-electron chi connectivity index (χ3n) is 12.2. The molecule has 0 N–H and O–H groups in total. The summed E-state index contributed by atoms with van der Waals surface area (Å²) in [6, 6.07) is 68.6. The van der Waals surface area contributed by atoms with Gasteiger partial charge in [0.2, 0.25) is 0 Å². The van der Waals surface area contributed by atoms with Gasteiger partial charge in [-0.1, -0.05) is 152 Å². The molecule has 0 bridgehead atoms. The van der Waals surface area contributed by atoms with E-state index >= 15 is 0 Å². The number of fused-ring (bicyclic) bond motifs is 11. The van der Waals surface area contributed by atoms with Crippen molar-refractivity contribution in [3.05, 3.63) is 194 Å². The van der Waals surface area contributed by atoms with Crippen LogP contribution in [0.5, 0.6) is 0 Å². The minimum Gasteiger partial charge on any atom is -0.456 e. The summed E-state index contributed by atoms with van der Waals surface area (Å²) in [5.74, 6) is 1.83. The second-order valence-electron chi connectivity index (χ2n) is 15.6. The van der Waals surface area contributed by atoms with Crippen molar-refractivity contribution in [3.63, 3.8) is 0 Å². The summed E-state index contributed by atoms with van der Waals surface area (Å²) < 4.78 is 9.21. The Balaban J connectivity index is 1.13. The lowest BCUT2D eigenvalue weighted by Crippen LogP contribution is -2.01. The molecule has 60 heavy (non-hydrogen) atoms. The molecule has 5 nitrogen and oxygen atoms in total. The Kier molecular flexibility index (Phi) is 6.95. The van der Waals surface area contributed by atoms with Crippen molar-refractivity contribution >= 4 is 86.8 Å². The van der Waals surface area contributed by atoms with Crippen LogP contribution in [0.25, 0.3) is 127 Å². The van der Waals surface area contributed by atoms with Gasteiger partial charge in [0, 0.05) is 43.9 Å². The molecular formula is C55H32N4O. The summed E-state index contributed by atoms with van der Waals surface area (Å²) in [6.07, 6.45) is 0. The molecule has 0 radical (unpaired) electrons. The molecule has 5 heteroatoms. The lowest BCUT2D eigenvalue weighted by atomic mass is 9.97. The standard InChI is InChI=1S/C55H32N4O/c1-2-15-35(16-3-1)53-56-54(43-24-12-20-33-13-6-9-21-40(33)43)58-55(57-53)52-42-23-11-8-19-38(42)31-49-51(52)45-32-39(26-28-48(45)60-49)59-46-27-25-34-14-7-10-22-41(34)50(46)44-29-36-17-4-5-18-37(36)30-47(44)59/h1-32H. The largest absolute Gasteiger partial charge is 0.456 e. The predicted octanol–water partition coefficient (Wildman–Crippen LogP) is 14.5. The summed E-state index contributed by atoms with van der Waals surface area (Å²) >= 11 is 0. The Bertz CT molecular complexity index is 3890. The van der Waals surface area contributed by atoms with Gasteiger partial charge in [0.15, 0.2) is 17.5 Å². The van der Waals surface area contributed by atoms with E-state index in [9.17, 15) is 0 Å². The highest BCUT2D eigenvalue weighted by molar-refractivity contribution is 6.24. The molecule has 0 fully saturated rings. The molecule has 0 saturated heterocycles. The smallest absolute Gasteiger partial charge is 0.165 e. The summed E-state index contributed by atoms with van der Waals surface area (Å²) in [7, 11) is 0. The normalized spacial score (nSPS) is 12.0. The van der Waals surface area contributed by atoms with Crippen LogP contribution in [0.2, 0.25) is 0 Å². The number of aromatic nitrogens is 4. The van der Waals surface area contributed by atoms with Crippen LogP contribution in [0.1, 0.15) is 0 Å². The molecule has 278 valence electrons. The number of nitrogens with zero attached hydrogens (tertiary/aromatic N) is 4. The minimum absolute atomic E-state index is 0.594. The lowest BCUT2D eigenvalue weighted by Gasteiger charge is -2.13. The maximum absolute atomic E-state index is 6.79. The number of hydrogen-bond donors (Lipinski definition) is 0. The van der Waals surface area contributed by atoms with Crippen LogP contribution in [0.3, 0.4) is 0 Å². The molecule has 0 aliphatic rings. The zero-order valence-corrected chi connectivity index (χ0v) is 32.2. The van der Waals surface area contributed by atoms with Gasteiger partial charge < -0.3 is 8.98 Å². The van der Waals surface area contributed by atoms with Gasteiger partial charge in [0.1, 0.15) is 11.2 Å². The highest BCUT2D eigenvalue weighted by Gasteiger charge is 2.23. The maximum atomic E-state index is 6.79. The van der Waals surface area contributed by atoms with Gasteiger partial charge in [-0.15, -0.1) is 0 Å². The van der Waals surface area contributed by atoms with E-state index in [1.165, 1.54) is 32.3 Å². The van der Waals surface area contributed by atoms with E-state index < -0.39 is 0 Å². The van der Waals surface area contributed by atoms with E-state index in [1.807, 2.05) is 18.2 Å². The Morgan fingerprint density at radius 1 is 0.350 bits per heavy atom. The molecule has 0 saturated carbocycles. The van der Waals surface area contributed by atoms with Crippen LogP contribution in [0, 0.1) is 0 Å². The molecule has 0 atom stereocenters. The fourth-order valence-corrected chi connectivity index (χ4v) is 9.46. The quantitative estimate of drug-likeness (QED) is 0.179. The average molecular weight is 765 g/mol. The van der Waals surface area contributed by atoms with E-state index in [4.69, 9.17) is 19.4 Å². The molecule has 13 aromatic rings. The second-order valence-corrected chi connectivity index (χ2v) is 15.6. The second kappa shape index (κ2) is 12.7. The van der Waals surface area contributed by atoms with Crippen molar-refractivity contribution in [2.75, 3.05) is 0 Å². The molecule has 3 aromatic heterocycles. The van der Waals surface area contributed by atoms with Gasteiger partial charge in [-0.3, -0.25) is 0 Å². The number of rotatable bonds is 4. The van der Waals surface area contributed by atoms with Crippen LogP contribution >= 0.6 is 0 Å². The zero-order valence-electron chi connectivity index (χ0n) is 32.2. The number of benzene rings is 10. The van der Waals surface area contributed by atoms with E-state index in [2.05, 4.69) is 180 Å². The lowest BCUT2D eigenvalue weighted by molar-refractivity contribution is 0.669. The third kappa shape index (κ3) is 4.90. The Morgan fingerprint density at radius 2 is 1.00 bits per heavy atom. The fraction of sp³-hybridized carbons (Fsp3) is 0. The van der Waals surface area contributed by atoms with Crippen molar-refractivity contribution in [2.24, 2.45) is 0 Å². The van der Waals surface area contributed by atoms with Crippen molar-refractivity contribution in [1.29, 1.82) is 0 Å². The molecule has 0 aliphatic heterocycles. The summed E-state index contributed by atoms with van der Waals surface area (Å²) in [5.41, 5.74) is 7.73. The van der Waals surface area contributed by atoms with Crippen LogP contribution in [-0.2, 0) is 0 Å². The van der Waals surface area contributed by atoms with E-state index in [0.29, 0.717) is 17.5 Å². The predicted molar refractivity (Wildman–Crippen MR) is 248 cm³/mol. The first-order valence-corrected chi connectivity index (χ1v) is 20.3. The molecule has 0 aliphatic carbocycles. The highest BCUT2D eigenvalue weighted by atomic mass is 16.3. The first kappa shape index (κ1) is 32.9. The van der Waals surface area contributed by atoms with Crippen molar-refractivity contribution in [3.8, 4) is 39.9 Å². The summed E-state index contributed by atoms with van der Waals surface area (Å²) in [4.78, 5) is 15.8. The molecule has 0 unspecified atom stereocenters. The minimum atomic E-state index is 0.594. The maximum Gasteiger partial charge on any atom is 0.165 e. The van der Waals surface area contributed by atoms with Gasteiger partial charge in [0.05, 0.1) is 11.0 Å². The van der Waals surface area contributed by atoms with Crippen molar-refractivity contribution in [2.45, 2.75) is 0 Å². The van der Waals surface area contributed by atoms with Gasteiger partial charge in [0.25, 0.3) is 0 Å². The Hall–Kier alpha value is -8.15. The van der Waals surface area contributed by atoms with Crippen molar-refractivity contribution in [1.82, 2.24) is 19.5 Å². The van der Waals surface area contributed by atoms with E-state index in [1.54, 1.807) is 0 Å². The van der Waals surface area contributed by atoms with Crippen LogP contribution < -0.4 is 0 Å². The SMILES string of the molecule is c1ccc(-c2nc(-c3cccc4ccccc34)nc(-c3c4ccccc4cc4oc5ccc(-n6c7cc8ccccc8cc7c7c8ccccc8ccc76)cc5c34)n2)cc1. The van der Waals surface area contributed by atoms with Gasteiger partial charge in [-0.05, 0) is 85.6 Å². The molecule has 10 aromatic carbocycles. The first-order valence-electron chi connectivity index (χ1n) is 20.3. The average Bonchev–Trinajstić information content (AvgIpc) is 3.84. The molecule has 0 spiro atoms. The van der Waals surface area contributed by atoms with E-state index in [0.717, 1.165) is 76.9 Å².